The third-order valence-corrected chi connectivity index (χ3v) is 5.13. The molecule has 2 N–H and O–H groups in total. The van der Waals surface area contributed by atoms with E-state index in [1.807, 2.05) is 6.92 Å². The molecule has 0 aliphatic heterocycles. The van der Waals surface area contributed by atoms with Crippen LogP contribution in [0, 0.1) is 12.8 Å². The Balaban J connectivity index is 2.13. The Kier molecular flexibility index (Phi) is 4.32. The third kappa shape index (κ3) is 3.58. The molecule has 1 unspecified atom stereocenters. The molecule has 1 fully saturated rings. The van der Waals surface area contributed by atoms with E-state index in [1.165, 1.54) is 18.9 Å². The van der Waals surface area contributed by atoms with Crippen molar-refractivity contribution < 1.29 is 17.9 Å². The van der Waals surface area contributed by atoms with E-state index in [4.69, 9.17) is 9.52 Å². The van der Waals surface area contributed by atoms with Gasteiger partial charge in [0.25, 0.3) is 0 Å². The first-order valence-corrected chi connectivity index (χ1v) is 8.17. The molecule has 0 aromatic carbocycles. The summed E-state index contributed by atoms with van der Waals surface area (Å²) in [5.74, 6) is 1.26. The van der Waals surface area contributed by atoms with Gasteiger partial charge in [0.15, 0.2) is 0 Å². The Morgan fingerprint density at radius 1 is 1.53 bits per heavy atom. The van der Waals surface area contributed by atoms with Crippen molar-refractivity contribution >= 4 is 10.0 Å². The van der Waals surface area contributed by atoms with E-state index in [0.717, 1.165) is 12.8 Å². The maximum atomic E-state index is 12.3. The van der Waals surface area contributed by atoms with Crippen LogP contribution < -0.4 is 4.72 Å². The van der Waals surface area contributed by atoms with Gasteiger partial charge in [0, 0.05) is 12.1 Å². The second kappa shape index (κ2) is 5.64. The van der Waals surface area contributed by atoms with Crippen molar-refractivity contribution in [2.75, 3.05) is 0 Å². The van der Waals surface area contributed by atoms with Gasteiger partial charge in [-0.2, -0.15) is 0 Å². The highest BCUT2D eigenvalue weighted by Gasteiger charge is 2.29. The van der Waals surface area contributed by atoms with Crippen LogP contribution in [0.15, 0.2) is 15.4 Å². The smallest absolute Gasteiger partial charge is 0.244 e. The van der Waals surface area contributed by atoms with E-state index in [9.17, 15) is 8.42 Å². The number of nitrogens with one attached hydrogen (secondary N) is 1. The highest BCUT2D eigenvalue weighted by molar-refractivity contribution is 7.89. The predicted octanol–water partition coefficient (Wildman–Crippen LogP) is 1.94. The van der Waals surface area contributed by atoms with E-state index < -0.39 is 10.0 Å². The van der Waals surface area contributed by atoms with Crippen molar-refractivity contribution in [2.45, 2.75) is 57.1 Å². The number of sulfonamides is 1. The van der Waals surface area contributed by atoms with Crippen molar-refractivity contribution in [1.29, 1.82) is 0 Å². The molecule has 1 aromatic rings. The van der Waals surface area contributed by atoms with Crippen molar-refractivity contribution in [3.63, 3.8) is 0 Å². The summed E-state index contributed by atoms with van der Waals surface area (Å²) in [7, 11) is -3.56. The first kappa shape index (κ1) is 14.6. The molecule has 1 aromatic heterocycles. The van der Waals surface area contributed by atoms with Gasteiger partial charge in [-0.05, 0) is 25.7 Å². The molecule has 19 heavy (non-hydrogen) atoms. The Labute approximate surface area is 114 Å². The summed E-state index contributed by atoms with van der Waals surface area (Å²) in [5, 5.41) is 8.99. The predicted molar refractivity (Wildman–Crippen MR) is 71.1 cm³/mol. The summed E-state index contributed by atoms with van der Waals surface area (Å²) in [6.45, 7) is 3.28. The zero-order valence-electron chi connectivity index (χ0n) is 11.3. The minimum atomic E-state index is -3.56. The first-order valence-electron chi connectivity index (χ1n) is 6.68. The van der Waals surface area contributed by atoms with Gasteiger partial charge in [-0.25, -0.2) is 13.1 Å². The van der Waals surface area contributed by atoms with Crippen LogP contribution in [0.2, 0.25) is 0 Å². The Morgan fingerprint density at radius 2 is 2.21 bits per heavy atom. The minimum absolute atomic E-state index is 0.0237. The zero-order valence-corrected chi connectivity index (χ0v) is 12.2. The fourth-order valence-corrected chi connectivity index (χ4v) is 3.74. The minimum Gasteiger partial charge on any atom is -0.462 e. The Morgan fingerprint density at radius 3 is 2.68 bits per heavy atom. The molecule has 6 heteroatoms. The zero-order chi connectivity index (χ0) is 14.0. The molecule has 1 atom stereocenters. The molecular formula is C13H21NO4S. The largest absolute Gasteiger partial charge is 0.462 e. The van der Waals surface area contributed by atoms with Crippen LogP contribution in [0.3, 0.4) is 0 Å². The maximum Gasteiger partial charge on any atom is 0.244 e. The molecule has 0 amide bonds. The van der Waals surface area contributed by atoms with Crippen LogP contribution in [0.25, 0.3) is 0 Å². The highest BCUT2D eigenvalue weighted by atomic mass is 32.2. The number of aliphatic hydroxyl groups excluding tert-OH is 1. The van der Waals surface area contributed by atoms with Gasteiger partial charge < -0.3 is 9.52 Å². The molecule has 1 aliphatic carbocycles. The average molecular weight is 287 g/mol. The number of rotatable bonds is 7. The number of hydrogen-bond donors (Lipinski definition) is 2. The summed E-state index contributed by atoms with van der Waals surface area (Å²) in [4.78, 5) is 0.130. The lowest BCUT2D eigenvalue weighted by Crippen LogP contribution is -2.34. The molecule has 2 rings (SSSR count). The van der Waals surface area contributed by atoms with Gasteiger partial charge in [0.2, 0.25) is 10.0 Å². The standard InChI is InChI=1S/C13H21NO4S/c1-3-11(6-10-4-5-10)14-19(16,17)13-7-12(8-15)18-9(13)2/h7,10-11,14-15H,3-6,8H2,1-2H3. The lowest BCUT2D eigenvalue weighted by Gasteiger charge is -2.16. The van der Waals surface area contributed by atoms with E-state index >= 15 is 0 Å². The molecule has 108 valence electrons. The lowest BCUT2D eigenvalue weighted by atomic mass is 10.1. The molecule has 0 bridgehead atoms. The number of aryl methyl sites for hydroxylation is 1. The summed E-state index contributed by atoms with van der Waals surface area (Å²) < 4.78 is 32.5. The molecule has 1 heterocycles. The van der Waals surface area contributed by atoms with Crippen LogP contribution in [0.1, 0.15) is 44.1 Å². The molecular weight excluding hydrogens is 266 g/mol. The second-order valence-corrected chi connectivity index (χ2v) is 6.88. The number of hydrogen-bond acceptors (Lipinski definition) is 4. The SMILES string of the molecule is CCC(CC1CC1)NS(=O)(=O)c1cc(CO)oc1C. The van der Waals surface area contributed by atoms with Crippen LogP contribution in [-0.2, 0) is 16.6 Å². The van der Waals surface area contributed by atoms with Crippen molar-refractivity contribution in [2.24, 2.45) is 5.92 Å². The average Bonchev–Trinajstić information content (AvgIpc) is 3.08. The molecule has 0 saturated heterocycles. The van der Waals surface area contributed by atoms with Crippen LogP contribution in [0.5, 0.6) is 0 Å². The third-order valence-electron chi connectivity index (χ3n) is 3.50. The summed E-state index contributed by atoms with van der Waals surface area (Å²) >= 11 is 0. The summed E-state index contributed by atoms with van der Waals surface area (Å²) in [6, 6.07) is 1.37. The fourth-order valence-electron chi connectivity index (χ4n) is 2.21. The topological polar surface area (TPSA) is 79.5 Å². The molecule has 1 saturated carbocycles. The van der Waals surface area contributed by atoms with Crippen molar-refractivity contribution in [1.82, 2.24) is 4.72 Å². The molecule has 0 spiro atoms. The summed E-state index contributed by atoms with van der Waals surface area (Å²) in [5.41, 5.74) is 0. The fraction of sp³-hybridized carbons (Fsp3) is 0.692. The first-order chi connectivity index (χ1) is 8.96. The lowest BCUT2D eigenvalue weighted by molar-refractivity contribution is 0.244. The van der Waals surface area contributed by atoms with E-state index in [-0.39, 0.29) is 23.3 Å². The normalized spacial score (nSPS) is 17.6. The maximum absolute atomic E-state index is 12.3. The van der Waals surface area contributed by atoms with E-state index in [0.29, 0.717) is 11.7 Å². The Bertz CT molecular complexity index is 531. The van der Waals surface area contributed by atoms with Crippen LogP contribution in [-0.4, -0.2) is 19.6 Å². The van der Waals surface area contributed by atoms with Crippen LogP contribution in [0.4, 0.5) is 0 Å². The van der Waals surface area contributed by atoms with Gasteiger partial charge in [0.1, 0.15) is 23.0 Å². The monoisotopic (exact) mass is 287 g/mol. The Hall–Kier alpha value is -0.850. The van der Waals surface area contributed by atoms with Crippen LogP contribution >= 0.6 is 0 Å². The van der Waals surface area contributed by atoms with Gasteiger partial charge in [0.05, 0.1) is 0 Å². The van der Waals surface area contributed by atoms with Gasteiger partial charge >= 0.3 is 0 Å². The van der Waals surface area contributed by atoms with Crippen molar-refractivity contribution in [3.05, 3.63) is 17.6 Å². The van der Waals surface area contributed by atoms with Gasteiger partial charge in [-0.1, -0.05) is 19.8 Å². The van der Waals surface area contributed by atoms with E-state index in [2.05, 4.69) is 4.72 Å². The quantitative estimate of drug-likeness (QED) is 0.803. The van der Waals surface area contributed by atoms with Gasteiger partial charge in [-0.15, -0.1) is 0 Å². The molecule has 1 aliphatic rings. The second-order valence-electron chi connectivity index (χ2n) is 5.20. The number of furan rings is 1. The summed E-state index contributed by atoms with van der Waals surface area (Å²) in [6.07, 6.45) is 4.09. The number of aliphatic hydroxyl groups is 1. The molecule has 0 radical (unpaired) electrons. The van der Waals surface area contributed by atoms with E-state index in [1.54, 1.807) is 6.92 Å². The highest BCUT2D eigenvalue weighted by Crippen LogP contribution is 2.34. The molecule has 5 nitrogen and oxygen atoms in total. The van der Waals surface area contributed by atoms with Crippen molar-refractivity contribution in [3.8, 4) is 0 Å². The van der Waals surface area contributed by atoms with Gasteiger partial charge in [-0.3, -0.25) is 0 Å².